The Balaban J connectivity index is 1.91. The van der Waals surface area contributed by atoms with Crippen LogP contribution in [0.5, 0.6) is 5.75 Å². The Bertz CT molecular complexity index is 1150. The summed E-state index contributed by atoms with van der Waals surface area (Å²) in [5, 5.41) is 8.08. The molecular weight excluding hydrogens is 493 g/mol. The van der Waals surface area contributed by atoms with Crippen molar-refractivity contribution in [2.45, 2.75) is 44.9 Å². The quantitative estimate of drug-likeness (QED) is 0.180. The highest BCUT2D eigenvalue weighted by atomic mass is 19.4. The number of anilines is 2. The van der Waals surface area contributed by atoms with E-state index < -0.39 is 23.6 Å². The zero-order valence-corrected chi connectivity index (χ0v) is 20.2. The molecule has 7 N–H and O–H groups in total. The normalized spacial score (nSPS) is 15.2. The molecule has 0 radical (unpaired) electrons. The van der Waals surface area contributed by atoms with Crippen molar-refractivity contribution >= 4 is 29.1 Å². The number of aliphatic imine (C=N–C) groups is 1. The minimum Gasteiger partial charge on any atom is -0.485 e. The number of halogens is 3. The van der Waals surface area contributed by atoms with Gasteiger partial charge in [0.1, 0.15) is 18.1 Å². The second-order valence-electron chi connectivity index (χ2n) is 8.44. The number of amides is 2. The van der Waals surface area contributed by atoms with Crippen LogP contribution in [0, 0.1) is 6.92 Å². The lowest BCUT2D eigenvalue weighted by atomic mass is 10.1. The van der Waals surface area contributed by atoms with E-state index in [2.05, 4.69) is 30.9 Å². The summed E-state index contributed by atoms with van der Waals surface area (Å²) in [4.78, 5) is 37.1. The summed E-state index contributed by atoms with van der Waals surface area (Å²) in [6, 6.07) is 2.96. The average molecular weight is 523 g/mol. The van der Waals surface area contributed by atoms with Gasteiger partial charge in [-0.2, -0.15) is 13.2 Å². The molecule has 37 heavy (non-hydrogen) atoms. The first-order valence-corrected chi connectivity index (χ1v) is 11.6. The first-order chi connectivity index (χ1) is 17.5. The molecule has 3 rings (SSSR count). The summed E-state index contributed by atoms with van der Waals surface area (Å²) < 4.78 is 47.3. The SMILES string of the molecule is Cc1cc(C(=O)Nc2cc(C(F)(F)F)cc(NC(=O)CCCCN=C(N)N)c2OC2CCNC2)ncn1. The molecule has 1 aromatic carbocycles. The van der Waals surface area contributed by atoms with Crippen LogP contribution in [0.25, 0.3) is 0 Å². The van der Waals surface area contributed by atoms with Crippen LogP contribution < -0.4 is 32.2 Å². The van der Waals surface area contributed by atoms with Gasteiger partial charge in [-0.1, -0.05) is 0 Å². The topological polar surface area (TPSA) is 170 Å². The predicted molar refractivity (Wildman–Crippen MR) is 131 cm³/mol. The van der Waals surface area contributed by atoms with Gasteiger partial charge in [0.05, 0.1) is 16.9 Å². The molecule has 0 aliphatic carbocycles. The zero-order valence-electron chi connectivity index (χ0n) is 20.2. The number of nitrogens with one attached hydrogen (secondary N) is 3. The van der Waals surface area contributed by atoms with E-state index in [0.717, 1.165) is 12.1 Å². The number of benzene rings is 1. The molecule has 14 heteroatoms. The number of alkyl halides is 3. The number of carbonyl (C=O) groups is 2. The lowest BCUT2D eigenvalue weighted by Gasteiger charge is -2.22. The van der Waals surface area contributed by atoms with Gasteiger partial charge in [0.2, 0.25) is 5.91 Å². The number of hydrogen-bond acceptors (Lipinski definition) is 7. The van der Waals surface area contributed by atoms with Crippen molar-refractivity contribution in [2.24, 2.45) is 16.5 Å². The molecular formula is C23H29F3N8O3. The van der Waals surface area contributed by atoms with E-state index >= 15 is 0 Å². The average Bonchev–Trinajstić information content (AvgIpc) is 3.33. The van der Waals surface area contributed by atoms with Crippen LogP contribution in [0.15, 0.2) is 29.5 Å². The highest BCUT2D eigenvalue weighted by Crippen LogP contribution is 2.42. The van der Waals surface area contributed by atoms with Crippen molar-refractivity contribution in [3.8, 4) is 5.75 Å². The van der Waals surface area contributed by atoms with Crippen molar-refractivity contribution in [3.63, 3.8) is 0 Å². The Morgan fingerprint density at radius 2 is 1.89 bits per heavy atom. The smallest absolute Gasteiger partial charge is 0.416 e. The number of unbranched alkanes of at least 4 members (excludes halogenated alkanes) is 1. The summed E-state index contributed by atoms with van der Waals surface area (Å²) in [6.45, 7) is 3.08. The summed E-state index contributed by atoms with van der Waals surface area (Å²) in [7, 11) is 0. The Morgan fingerprint density at radius 1 is 1.16 bits per heavy atom. The molecule has 2 aromatic rings. The number of nitrogens with zero attached hydrogens (tertiary/aromatic N) is 3. The van der Waals surface area contributed by atoms with Crippen molar-refractivity contribution in [1.82, 2.24) is 15.3 Å². The number of aromatic nitrogens is 2. The van der Waals surface area contributed by atoms with Gasteiger partial charge in [0, 0.05) is 25.2 Å². The number of guanidine groups is 1. The number of rotatable bonds is 10. The summed E-state index contributed by atoms with van der Waals surface area (Å²) in [5.74, 6) is -1.42. The minimum atomic E-state index is -4.75. The van der Waals surface area contributed by atoms with E-state index in [1.807, 2.05) is 0 Å². The largest absolute Gasteiger partial charge is 0.485 e. The second-order valence-corrected chi connectivity index (χ2v) is 8.44. The molecule has 1 unspecified atom stereocenters. The van der Waals surface area contributed by atoms with E-state index in [1.54, 1.807) is 6.92 Å². The number of hydrogen-bond donors (Lipinski definition) is 5. The molecule has 200 valence electrons. The van der Waals surface area contributed by atoms with Gasteiger partial charge >= 0.3 is 6.18 Å². The molecule has 1 saturated heterocycles. The van der Waals surface area contributed by atoms with Crippen molar-refractivity contribution < 1.29 is 27.5 Å². The summed E-state index contributed by atoms with van der Waals surface area (Å²) in [5.41, 5.74) is 9.48. The maximum absolute atomic E-state index is 13.8. The van der Waals surface area contributed by atoms with Crippen LogP contribution in [0.3, 0.4) is 0 Å². The predicted octanol–water partition coefficient (Wildman–Crippen LogP) is 2.18. The first-order valence-electron chi connectivity index (χ1n) is 11.6. The molecule has 1 aliphatic heterocycles. The molecule has 1 aliphatic rings. The molecule has 2 amide bonds. The van der Waals surface area contributed by atoms with Crippen LogP contribution in [-0.4, -0.2) is 53.5 Å². The Hall–Kier alpha value is -3.94. The summed E-state index contributed by atoms with van der Waals surface area (Å²) >= 11 is 0. The monoisotopic (exact) mass is 522 g/mol. The van der Waals surface area contributed by atoms with Crippen LogP contribution >= 0.6 is 0 Å². The highest BCUT2D eigenvalue weighted by Gasteiger charge is 2.34. The highest BCUT2D eigenvalue weighted by molar-refractivity contribution is 6.05. The fraction of sp³-hybridized carbons (Fsp3) is 0.435. The molecule has 2 heterocycles. The van der Waals surface area contributed by atoms with E-state index in [1.165, 1.54) is 12.4 Å². The van der Waals surface area contributed by atoms with Crippen molar-refractivity contribution in [3.05, 3.63) is 41.5 Å². The lowest BCUT2D eigenvalue weighted by molar-refractivity contribution is -0.137. The maximum atomic E-state index is 13.8. The number of aryl methyl sites for hydroxylation is 1. The standard InChI is InChI=1S/C23H29F3N8O3/c1-13-8-18(32-12-31-13)21(36)34-17-10-14(23(24,25)26)9-16(20(17)37-15-5-7-29-11-15)33-19(35)4-2-3-6-30-22(27)28/h8-10,12,15,29H,2-7,11H2,1H3,(H,33,35)(H,34,36)(H4,27,28,30). The van der Waals surface area contributed by atoms with Gasteiger partial charge < -0.3 is 32.2 Å². The third kappa shape index (κ3) is 8.31. The molecule has 1 aromatic heterocycles. The van der Waals surface area contributed by atoms with Gasteiger partial charge in [-0.3, -0.25) is 14.6 Å². The second kappa shape index (κ2) is 12.3. The van der Waals surface area contributed by atoms with Gasteiger partial charge in [-0.15, -0.1) is 0 Å². The first kappa shape index (κ1) is 27.6. The molecule has 1 fully saturated rings. The third-order valence-electron chi connectivity index (χ3n) is 5.38. The molecule has 0 saturated carbocycles. The molecule has 0 spiro atoms. The van der Waals surface area contributed by atoms with Crippen molar-refractivity contribution in [1.29, 1.82) is 0 Å². The Morgan fingerprint density at radius 3 is 2.51 bits per heavy atom. The van der Waals surface area contributed by atoms with Gasteiger partial charge in [0.15, 0.2) is 11.7 Å². The number of ether oxygens (including phenoxy) is 1. The van der Waals surface area contributed by atoms with Gasteiger partial charge in [0.25, 0.3) is 5.91 Å². The Labute approximate surface area is 211 Å². The van der Waals surface area contributed by atoms with Gasteiger partial charge in [-0.05, 0) is 50.9 Å². The fourth-order valence-electron chi connectivity index (χ4n) is 3.58. The van der Waals surface area contributed by atoms with Crippen molar-refractivity contribution in [2.75, 3.05) is 30.3 Å². The third-order valence-corrected chi connectivity index (χ3v) is 5.38. The zero-order chi connectivity index (χ0) is 27.0. The molecule has 11 nitrogen and oxygen atoms in total. The van der Waals surface area contributed by atoms with Crippen LogP contribution in [0.2, 0.25) is 0 Å². The van der Waals surface area contributed by atoms with E-state index in [4.69, 9.17) is 16.2 Å². The van der Waals surface area contributed by atoms with Crippen LogP contribution in [0.4, 0.5) is 24.5 Å². The van der Waals surface area contributed by atoms with Crippen LogP contribution in [0.1, 0.15) is 47.4 Å². The van der Waals surface area contributed by atoms with E-state index in [0.29, 0.717) is 44.6 Å². The lowest BCUT2D eigenvalue weighted by Crippen LogP contribution is -2.23. The minimum absolute atomic E-state index is 0.0164. The molecule has 1 atom stereocenters. The summed E-state index contributed by atoms with van der Waals surface area (Å²) in [6.07, 6.45) is -2.43. The molecule has 0 bridgehead atoms. The maximum Gasteiger partial charge on any atom is 0.416 e. The fourth-order valence-corrected chi connectivity index (χ4v) is 3.58. The Kier molecular flexibility index (Phi) is 9.22. The van der Waals surface area contributed by atoms with Crippen LogP contribution in [-0.2, 0) is 11.0 Å². The number of nitrogens with two attached hydrogens (primary N) is 2. The number of carbonyl (C=O) groups excluding carboxylic acids is 2. The van der Waals surface area contributed by atoms with Gasteiger partial charge in [-0.25, -0.2) is 9.97 Å². The van der Waals surface area contributed by atoms with E-state index in [-0.39, 0.29) is 41.3 Å². The van der Waals surface area contributed by atoms with E-state index in [9.17, 15) is 22.8 Å².